The summed E-state index contributed by atoms with van der Waals surface area (Å²) in [5, 5.41) is 5.54. The molecule has 10 heteroatoms. The van der Waals surface area contributed by atoms with Crippen LogP contribution in [0.5, 0.6) is 5.88 Å². The molecule has 0 amide bonds. The highest BCUT2D eigenvalue weighted by molar-refractivity contribution is 8.03. The molecule has 4 heterocycles. The van der Waals surface area contributed by atoms with Gasteiger partial charge in [0.05, 0.1) is 38.2 Å². The maximum atomic E-state index is 12.4. The molecule has 2 aromatic heterocycles. The zero-order chi connectivity index (χ0) is 25.3. The van der Waals surface area contributed by atoms with Crippen LogP contribution in [0.4, 0.5) is 17.2 Å². The Morgan fingerprint density at radius 1 is 1.19 bits per heavy atom. The summed E-state index contributed by atoms with van der Waals surface area (Å²) >= 11 is 1.63. The van der Waals surface area contributed by atoms with Crippen molar-refractivity contribution < 1.29 is 19.0 Å². The molecule has 0 saturated carbocycles. The van der Waals surface area contributed by atoms with Gasteiger partial charge in [0.1, 0.15) is 11.2 Å². The molecular weight excluding hydrogens is 478 g/mol. The van der Waals surface area contributed by atoms with Gasteiger partial charge >= 0.3 is 5.97 Å². The second kappa shape index (κ2) is 12.8. The van der Waals surface area contributed by atoms with Gasteiger partial charge < -0.3 is 24.4 Å². The Bertz CT molecular complexity index is 1030. The van der Waals surface area contributed by atoms with Crippen LogP contribution in [0, 0.1) is 0 Å². The minimum atomic E-state index is -0.239. The lowest BCUT2D eigenvalue weighted by molar-refractivity contribution is -0.139. The Balaban J connectivity index is 1.58. The number of thioether (sulfide) groups is 1. The molecule has 1 saturated heterocycles. The fourth-order valence-electron chi connectivity index (χ4n) is 4.30. The lowest BCUT2D eigenvalue weighted by Gasteiger charge is -2.34. The van der Waals surface area contributed by atoms with Crippen molar-refractivity contribution in [3.05, 3.63) is 48.0 Å². The van der Waals surface area contributed by atoms with E-state index in [9.17, 15) is 4.79 Å². The van der Waals surface area contributed by atoms with Gasteiger partial charge in [-0.15, -0.1) is 11.8 Å². The molecule has 0 aromatic carbocycles. The number of aromatic nitrogens is 2. The molecule has 0 aliphatic carbocycles. The van der Waals surface area contributed by atoms with Gasteiger partial charge in [0.15, 0.2) is 0 Å². The van der Waals surface area contributed by atoms with Crippen molar-refractivity contribution in [2.45, 2.75) is 50.9 Å². The van der Waals surface area contributed by atoms with Crippen molar-refractivity contribution in [1.29, 1.82) is 0 Å². The van der Waals surface area contributed by atoms with E-state index in [-0.39, 0.29) is 17.4 Å². The van der Waals surface area contributed by atoms with E-state index in [1.807, 2.05) is 41.6 Å². The van der Waals surface area contributed by atoms with Gasteiger partial charge in [0.25, 0.3) is 0 Å². The molecule has 0 radical (unpaired) electrons. The number of rotatable bonds is 11. The van der Waals surface area contributed by atoms with Crippen LogP contribution in [0.1, 0.15) is 39.5 Å². The normalized spacial score (nSPS) is 18.5. The Morgan fingerprint density at radius 2 is 2.03 bits per heavy atom. The van der Waals surface area contributed by atoms with Gasteiger partial charge in [0.2, 0.25) is 11.8 Å². The third kappa shape index (κ3) is 6.41. The Kier molecular flexibility index (Phi) is 9.29. The summed E-state index contributed by atoms with van der Waals surface area (Å²) in [6.45, 7) is 7.34. The number of methoxy groups -OCH3 is 1. The molecule has 1 fully saturated rings. The molecule has 9 nitrogen and oxygen atoms in total. The SMILES string of the molecule is CCCC(=O)OC1=CSC(C(CCC)Nc2cc(N3CCOCC3)ccn2)N1c1ccc(OC)nc1. The predicted octanol–water partition coefficient (Wildman–Crippen LogP) is 4.62. The van der Waals surface area contributed by atoms with Crippen LogP contribution in [0.3, 0.4) is 0 Å². The summed E-state index contributed by atoms with van der Waals surface area (Å²) in [5.74, 6) is 1.63. The fraction of sp³-hybridized carbons (Fsp3) is 0.500. The van der Waals surface area contributed by atoms with Gasteiger partial charge in [-0.25, -0.2) is 9.97 Å². The second-order valence-electron chi connectivity index (χ2n) is 8.67. The molecule has 2 aromatic rings. The number of carbonyl (C=O) groups excluding carboxylic acids is 1. The van der Waals surface area contributed by atoms with Crippen LogP contribution >= 0.6 is 11.8 Å². The van der Waals surface area contributed by atoms with Crippen molar-refractivity contribution in [2.24, 2.45) is 0 Å². The van der Waals surface area contributed by atoms with E-state index < -0.39 is 0 Å². The van der Waals surface area contributed by atoms with E-state index >= 15 is 0 Å². The van der Waals surface area contributed by atoms with Crippen LogP contribution in [0.2, 0.25) is 0 Å². The van der Waals surface area contributed by atoms with E-state index in [1.54, 1.807) is 25.1 Å². The van der Waals surface area contributed by atoms with E-state index in [0.717, 1.165) is 62.8 Å². The maximum absolute atomic E-state index is 12.4. The Labute approximate surface area is 217 Å². The van der Waals surface area contributed by atoms with Gasteiger partial charge in [-0.05, 0) is 25.0 Å². The standard InChI is InChI=1S/C26H35N5O4S/c1-4-6-21(29-22-16-19(10-11-27-22)30-12-14-34-15-13-30)26-31(20-8-9-23(33-3)28-17-20)24(18-36-26)35-25(32)7-5-2/h8-11,16-18,21,26H,4-7,12-15H2,1-3H3,(H,27,29). The Hall–Kier alpha value is -2.98. The van der Waals surface area contributed by atoms with Crippen molar-refractivity contribution in [3.63, 3.8) is 0 Å². The molecule has 2 aliphatic heterocycles. The summed E-state index contributed by atoms with van der Waals surface area (Å²) < 4.78 is 16.5. The van der Waals surface area contributed by atoms with Gasteiger partial charge in [-0.1, -0.05) is 20.3 Å². The van der Waals surface area contributed by atoms with Gasteiger partial charge in [-0.2, -0.15) is 0 Å². The molecule has 36 heavy (non-hydrogen) atoms. The number of hydrogen-bond donors (Lipinski definition) is 1. The zero-order valence-electron chi connectivity index (χ0n) is 21.2. The highest BCUT2D eigenvalue weighted by Crippen LogP contribution is 2.40. The average molecular weight is 514 g/mol. The first-order chi connectivity index (χ1) is 17.6. The largest absolute Gasteiger partial charge is 0.481 e. The van der Waals surface area contributed by atoms with E-state index in [4.69, 9.17) is 14.2 Å². The zero-order valence-corrected chi connectivity index (χ0v) is 22.0. The number of nitrogens with one attached hydrogen (secondary N) is 1. The number of morpholine rings is 1. The lowest BCUT2D eigenvalue weighted by atomic mass is 10.1. The highest BCUT2D eigenvalue weighted by atomic mass is 32.2. The number of ether oxygens (including phenoxy) is 3. The van der Waals surface area contributed by atoms with Crippen LogP contribution in [0.25, 0.3) is 0 Å². The monoisotopic (exact) mass is 513 g/mol. The lowest BCUT2D eigenvalue weighted by Crippen LogP contribution is -2.43. The van der Waals surface area contributed by atoms with E-state index in [0.29, 0.717) is 18.2 Å². The van der Waals surface area contributed by atoms with Gasteiger partial charge in [0, 0.05) is 48.9 Å². The van der Waals surface area contributed by atoms with Crippen LogP contribution in [0.15, 0.2) is 48.0 Å². The molecule has 1 N–H and O–H groups in total. The molecule has 2 atom stereocenters. The van der Waals surface area contributed by atoms with Crippen LogP contribution in [-0.4, -0.2) is 60.8 Å². The number of anilines is 3. The quantitative estimate of drug-likeness (QED) is 0.429. The molecule has 0 spiro atoms. The van der Waals surface area contributed by atoms with Crippen LogP contribution in [-0.2, 0) is 14.3 Å². The van der Waals surface area contributed by atoms with Gasteiger partial charge in [-0.3, -0.25) is 9.69 Å². The van der Waals surface area contributed by atoms with E-state index in [1.165, 1.54) is 0 Å². The summed E-state index contributed by atoms with van der Waals surface area (Å²) in [6, 6.07) is 7.93. The predicted molar refractivity (Wildman–Crippen MR) is 143 cm³/mol. The maximum Gasteiger partial charge on any atom is 0.312 e. The molecule has 194 valence electrons. The first kappa shape index (κ1) is 26.1. The summed E-state index contributed by atoms with van der Waals surface area (Å²) in [4.78, 5) is 25.7. The Morgan fingerprint density at radius 3 is 2.72 bits per heavy atom. The van der Waals surface area contributed by atoms with Crippen molar-refractivity contribution >= 4 is 34.9 Å². The third-order valence-corrected chi connectivity index (χ3v) is 7.23. The number of esters is 1. The van der Waals surface area contributed by atoms with Crippen molar-refractivity contribution in [2.75, 3.05) is 48.5 Å². The van der Waals surface area contributed by atoms with E-state index in [2.05, 4.69) is 33.2 Å². The van der Waals surface area contributed by atoms with Crippen LogP contribution < -0.4 is 19.9 Å². The number of hydrogen-bond acceptors (Lipinski definition) is 10. The van der Waals surface area contributed by atoms with Crippen molar-refractivity contribution in [1.82, 2.24) is 9.97 Å². The molecule has 0 bridgehead atoms. The van der Waals surface area contributed by atoms with Crippen molar-refractivity contribution in [3.8, 4) is 5.88 Å². The first-order valence-corrected chi connectivity index (χ1v) is 13.5. The smallest absolute Gasteiger partial charge is 0.312 e. The highest BCUT2D eigenvalue weighted by Gasteiger charge is 2.37. The summed E-state index contributed by atoms with van der Waals surface area (Å²) in [7, 11) is 1.59. The minimum Gasteiger partial charge on any atom is -0.481 e. The number of pyridine rings is 2. The molecule has 4 rings (SSSR count). The molecule has 2 aliphatic rings. The number of nitrogens with zero attached hydrogens (tertiary/aromatic N) is 4. The fourth-order valence-corrected chi connectivity index (χ4v) is 5.46. The third-order valence-electron chi connectivity index (χ3n) is 6.08. The minimum absolute atomic E-state index is 0.0353. The topological polar surface area (TPSA) is 89.0 Å². The first-order valence-electron chi connectivity index (χ1n) is 12.5. The summed E-state index contributed by atoms with van der Waals surface area (Å²) in [6.07, 6.45) is 6.59. The second-order valence-corrected chi connectivity index (χ2v) is 9.66. The molecular formula is C26H35N5O4S. The molecule has 2 unspecified atom stereocenters. The summed E-state index contributed by atoms with van der Waals surface area (Å²) in [5.41, 5.74) is 1.97. The number of carbonyl (C=O) groups is 1. The average Bonchev–Trinajstić information content (AvgIpc) is 3.32.